The number of fused-ring (bicyclic) bond motifs is 2. The molecule has 3 rings (SSSR count). The molecule has 2 N–H and O–H groups in total. The molecule has 24 heavy (non-hydrogen) atoms. The van der Waals surface area contributed by atoms with Crippen LogP contribution in [0.2, 0.25) is 0 Å². The molecule has 3 aliphatic rings. The lowest BCUT2D eigenvalue weighted by Gasteiger charge is -2.55. The molecule has 0 aromatic carbocycles. The highest BCUT2D eigenvalue weighted by Crippen LogP contribution is 2.64. The zero-order valence-electron chi connectivity index (χ0n) is 16.1. The van der Waals surface area contributed by atoms with Gasteiger partial charge in [-0.1, -0.05) is 52.0 Å². The standard InChI is InChI=1S/C23H33N/c1-7-14(3)21-13-23(16(21)5)11-9-10-18-12-20(22(18)23)15(4)19(8-2)17(6)24/h12-14,16H,4,7-11,24H2,1-3,5-6H3/b19-17-. The number of rotatable bonds is 5. The Morgan fingerprint density at radius 3 is 2.67 bits per heavy atom. The average Bonchev–Trinajstić information content (AvgIpc) is 2.53. The van der Waals surface area contributed by atoms with E-state index in [-0.39, 0.29) is 5.41 Å². The van der Waals surface area contributed by atoms with Crippen molar-refractivity contribution in [2.75, 3.05) is 0 Å². The summed E-state index contributed by atoms with van der Waals surface area (Å²) in [6.07, 6.45) is 11.0. The predicted octanol–water partition coefficient (Wildman–Crippen LogP) is 6.21. The predicted molar refractivity (Wildman–Crippen MR) is 104 cm³/mol. The van der Waals surface area contributed by atoms with Crippen LogP contribution in [-0.4, -0.2) is 0 Å². The molecule has 0 aliphatic heterocycles. The van der Waals surface area contributed by atoms with E-state index in [0.29, 0.717) is 11.8 Å². The van der Waals surface area contributed by atoms with E-state index < -0.39 is 0 Å². The Morgan fingerprint density at radius 2 is 2.12 bits per heavy atom. The highest BCUT2D eigenvalue weighted by molar-refractivity contribution is 5.70. The van der Waals surface area contributed by atoms with E-state index in [4.69, 9.17) is 5.73 Å². The molecule has 0 saturated heterocycles. The van der Waals surface area contributed by atoms with Crippen molar-refractivity contribution in [2.45, 2.75) is 66.7 Å². The van der Waals surface area contributed by atoms with E-state index in [1.54, 1.807) is 16.7 Å². The Kier molecular flexibility index (Phi) is 4.40. The fourth-order valence-electron chi connectivity index (χ4n) is 5.12. The zero-order valence-corrected chi connectivity index (χ0v) is 16.1. The molecular weight excluding hydrogens is 290 g/mol. The van der Waals surface area contributed by atoms with Crippen LogP contribution in [0.25, 0.3) is 0 Å². The average molecular weight is 324 g/mol. The molecule has 0 aromatic rings. The van der Waals surface area contributed by atoms with Gasteiger partial charge >= 0.3 is 0 Å². The smallest absolute Gasteiger partial charge is 0.0206 e. The number of hydrogen-bond donors (Lipinski definition) is 1. The minimum Gasteiger partial charge on any atom is -0.402 e. The first-order chi connectivity index (χ1) is 11.4. The highest BCUT2D eigenvalue weighted by atomic mass is 14.6. The summed E-state index contributed by atoms with van der Waals surface area (Å²) >= 11 is 0. The first-order valence-electron chi connectivity index (χ1n) is 9.70. The number of hydrogen-bond acceptors (Lipinski definition) is 1. The first kappa shape index (κ1) is 17.3. The summed E-state index contributed by atoms with van der Waals surface area (Å²) in [5.74, 6) is 1.38. The zero-order chi connectivity index (χ0) is 17.6. The van der Waals surface area contributed by atoms with Gasteiger partial charge in [0.15, 0.2) is 0 Å². The maximum Gasteiger partial charge on any atom is 0.0206 e. The van der Waals surface area contributed by atoms with Crippen LogP contribution in [0.3, 0.4) is 0 Å². The Labute approximate surface area is 148 Å². The van der Waals surface area contributed by atoms with E-state index in [9.17, 15) is 0 Å². The van der Waals surface area contributed by atoms with Crippen LogP contribution in [0.5, 0.6) is 0 Å². The van der Waals surface area contributed by atoms with Gasteiger partial charge < -0.3 is 5.73 Å². The van der Waals surface area contributed by atoms with E-state index >= 15 is 0 Å². The molecular formula is C23H33N. The fraction of sp³-hybridized carbons (Fsp3) is 0.565. The van der Waals surface area contributed by atoms with Crippen molar-refractivity contribution in [3.8, 4) is 0 Å². The molecule has 0 radical (unpaired) electrons. The van der Waals surface area contributed by atoms with Crippen molar-refractivity contribution in [3.05, 3.63) is 57.9 Å². The van der Waals surface area contributed by atoms with Crippen molar-refractivity contribution < 1.29 is 0 Å². The van der Waals surface area contributed by atoms with Gasteiger partial charge in [0.1, 0.15) is 0 Å². The van der Waals surface area contributed by atoms with E-state index in [1.165, 1.54) is 36.8 Å². The number of allylic oxidation sites excluding steroid dienone is 9. The molecule has 1 saturated carbocycles. The monoisotopic (exact) mass is 323 g/mol. The largest absolute Gasteiger partial charge is 0.402 e. The topological polar surface area (TPSA) is 26.0 Å². The van der Waals surface area contributed by atoms with E-state index in [1.807, 2.05) is 6.92 Å². The fourth-order valence-corrected chi connectivity index (χ4v) is 5.12. The minimum atomic E-state index is 0.278. The molecule has 3 atom stereocenters. The second-order valence-electron chi connectivity index (χ2n) is 8.02. The van der Waals surface area contributed by atoms with Crippen LogP contribution in [0.4, 0.5) is 0 Å². The Balaban J connectivity index is 2.01. The van der Waals surface area contributed by atoms with Gasteiger partial charge in [0.2, 0.25) is 0 Å². The van der Waals surface area contributed by atoms with Crippen molar-refractivity contribution in [2.24, 2.45) is 23.0 Å². The van der Waals surface area contributed by atoms with Crippen molar-refractivity contribution in [1.29, 1.82) is 0 Å². The number of nitrogens with two attached hydrogens (primary N) is 1. The van der Waals surface area contributed by atoms with Crippen LogP contribution < -0.4 is 5.73 Å². The molecule has 1 fully saturated rings. The van der Waals surface area contributed by atoms with Crippen LogP contribution in [-0.2, 0) is 0 Å². The Hall–Kier alpha value is -1.50. The van der Waals surface area contributed by atoms with Gasteiger partial charge in [-0.15, -0.1) is 0 Å². The summed E-state index contributed by atoms with van der Waals surface area (Å²) < 4.78 is 0. The maximum absolute atomic E-state index is 6.12. The van der Waals surface area contributed by atoms with Crippen molar-refractivity contribution in [1.82, 2.24) is 0 Å². The van der Waals surface area contributed by atoms with Crippen molar-refractivity contribution >= 4 is 0 Å². The summed E-state index contributed by atoms with van der Waals surface area (Å²) in [5, 5.41) is 0. The molecule has 130 valence electrons. The Morgan fingerprint density at radius 1 is 1.42 bits per heavy atom. The van der Waals surface area contributed by atoms with Crippen molar-refractivity contribution in [3.63, 3.8) is 0 Å². The lowest BCUT2D eigenvalue weighted by Crippen LogP contribution is -2.45. The normalized spacial score (nSPS) is 30.6. The molecule has 1 heteroatoms. The van der Waals surface area contributed by atoms with Crippen LogP contribution in [0.1, 0.15) is 66.7 Å². The highest BCUT2D eigenvalue weighted by Gasteiger charge is 2.52. The summed E-state index contributed by atoms with van der Waals surface area (Å²) in [4.78, 5) is 0. The third-order valence-electron chi connectivity index (χ3n) is 6.81. The van der Waals surface area contributed by atoms with Crippen LogP contribution in [0, 0.1) is 17.3 Å². The first-order valence-corrected chi connectivity index (χ1v) is 9.70. The Bertz CT molecular complexity index is 694. The molecule has 3 aliphatic carbocycles. The van der Waals surface area contributed by atoms with Gasteiger partial charge in [0, 0.05) is 11.1 Å². The minimum absolute atomic E-state index is 0.278. The maximum atomic E-state index is 6.12. The third kappa shape index (κ3) is 2.28. The third-order valence-corrected chi connectivity index (χ3v) is 6.81. The summed E-state index contributed by atoms with van der Waals surface area (Å²) in [6.45, 7) is 15.7. The van der Waals surface area contributed by atoms with Gasteiger partial charge in [-0.05, 0) is 78.7 Å². The molecule has 0 bridgehead atoms. The molecule has 0 aromatic heterocycles. The second-order valence-corrected chi connectivity index (χ2v) is 8.02. The lowest BCUT2D eigenvalue weighted by atomic mass is 9.48. The van der Waals surface area contributed by atoms with Gasteiger partial charge in [-0.3, -0.25) is 0 Å². The van der Waals surface area contributed by atoms with E-state index in [2.05, 4.69) is 46.4 Å². The van der Waals surface area contributed by atoms with Gasteiger partial charge in [-0.25, -0.2) is 0 Å². The van der Waals surface area contributed by atoms with Crippen LogP contribution in [0.15, 0.2) is 57.9 Å². The summed E-state index contributed by atoms with van der Waals surface area (Å²) in [6, 6.07) is 0. The SMILES string of the molecule is C=C(C1=C2C(=C1)CCCC21C=C(C(C)CC)C1C)/C(CC)=C(/C)N. The molecule has 1 nitrogen and oxygen atoms in total. The molecule has 1 spiro atoms. The van der Waals surface area contributed by atoms with Gasteiger partial charge in [-0.2, -0.15) is 0 Å². The molecule has 0 amide bonds. The summed E-state index contributed by atoms with van der Waals surface area (Å²) in [7, 11) is 0. The van der Waals surface area contributed by atoms with Gasteiger partial charge in [0.05, 0.1) is 0 Å². The molecule has 3 unspecified atom stereocenters. The molecule has 0 heterocycles. The summed E-state index contributed by atoms with van der Waals surface area (Å²) in [5.41, 5.74) is 15.9. The van der Waals surface area contributed by atoms with E-state index in [0.717, 1.165) is 17.7 Å². The second kappa shape index (κ2) is 6.10. The quantitative estimate of drug-likeness (QED) is 0.472. The van der Waals surface area contributed by atoms with Crippen LogP contribution >= 0.6 is 0 Å². The lowest BCUT2D eigenvalue weighted by molar-refractivity contribution is 0.222. The van der Waals surface area contributed by atoms with Gasteiger partial charge in [0.25, 0.3) is 0 Å².